The standard InChI is InChI=1S/C15H18N4/c1-2-14(12-17-7-1)18-13-5-10-19(11-6-13)15-3-8-16-9-4-15/h1-4,7-9,12-13,18H,5-6,10-11H2. The molecule has 1 aliphatic heterocycles. The van der Waals surface area contributed by atoms with Crippen molar-refractivity contribution in [2.45, 2.75) is 18.9 Å². The third-order valence-electron chi connectivity index (χ3n) is 3.56. The van der Waals surface area contributed by atoms with E-state index in [-0.39, 0.29) is 0 Å². The number of rotatable bonds is 3. The lowest BCUT2D eigenvalue weighted by atomic mass is 10.0. The van der Waals surface area contributed by atoms with Crippen LogP contribution in [0.15, 0.2) is 49.1 Å². The molecule has 0 amide bonds. The van der Waals surface area contributed by atoms with E-state index in [0.717, 1.165) is 31.6 Å². The Morgan fingerprint density at radius 1 is 1.00 bits per heavy atom. The lowest BCUT2D eigenvalue weighted by Crippen LogP contribution is -2.39. The lowest BCUT2D eigenvalue weighted by molar-refractivity contribution is 0.526. The number of aromatic nitrogens is 2. The minimum Gasteiger partial charge on any atom is -0.381 e. The summed E-state index contributed by atoms with van der Waals surface area (Å²) in [5, 5.41) is 3.55. The van der Waals surface area contributed by atoms with Crippen molar-refractivity contribution in [2.75, 3.05) is 23.3 Å². The van der Waals surface area contributed by atoms with Crippen LogP contribution in [0.2, 0.25) is 0 Å². The van der Waals surface area contributed by atoms with Crippen LogP contribution in [0, 0.1) is 0 Å². The molecule has 19 heavy (non-hydrogen) atoms. The van der Waals surface area contributed by atoms with Gasteiger partial charge < -0.3 is 10.2 Å². The van der Waals surface area contributed by atoms with Gasteiger partial charge in [0.1, 0.15) is 0 Å². The van der Waals surface area contributed by atoms with Crippen LogP contribution in [0.25, 0.3) is 0 Å². The fourth-order valence-corrected chi connectivity index (χ4v) is 2.52. The maximum atomic E-state index is 4.13. The van der Waals surface area contributed by atoms with Crippen LogP contribution < -0.4 is 10.2 Å². The Hall–Kier alpha value is -2.10. The summed E-state index contributed by atoms with van der Waals surface area (Å²) >= 11 is 0. The van der Waals surface area contributed by atoms with E-state index < -0.39 is 0 Å². The lowest BCUT2D eigenvalue weighted by Gasteiger charge is -2.34. The first-order valence-corrected chi connectivity index (χ1v) is 6.73. The van der Waals surface area contributed by atoms with Gasteiger partial charge in [0, 0.05) is 49.6 Å². The topological polar surface area (TPSA) is 41.1 Å². The molecule has 1 N–H and O–H groups in total. The predicted molar refractivity (Wildman–Crippen MR) is 77.3 cm³/mol. The summed E-state index contributed by atoms with van der Waals surface area (Å²) in [7, 11) is 0. The van der Waals surface area contributed by atoms with Gasteiger partial charge in [-0.15, -0.1) is 0 Å². The van der Waals surface area contributed by atoms with Crippen molar-refractivity contribution in [1.29, 1.82) is 0 Å². The van der Waals surface area contributed by atoms with Gasteiger partial charge in [0.15, 0.2) is 0 Å². The summed E-state index contributed by atoms with van der Waals surface area (Å²) in [6.45, 7) is 2.17. The molecule has 0 atom stereocenters. The molecule has 3 heterocycles. The number of piperidine rings is 1. The van der Waals surface area contributed by atoms with Crippen LogP contribution in [0.5, 0.6) is 0 Å². The molecule has 2 aromatic heterocycles. The monoisotopic (exact) mass is 254 g/mol. The molecule has 1 aliphatic rings. The first kappa shape index (κ1) is 12.0. The van der Waals surface area contributed by atoms with Gasteiger partial charge in [-0.2, -0.15) is 0 Å². The molecule has 0 aromatic carbocycles. The quantitative estimate of drug-likeness (QED) is 0.914. The zero-order chi connectivity index (χ0) is 12.9. The molecule has 0 radical (unpaired) electrons. The molecule has 0 unspecified atom stereocenters. The number of nitrogens with one attached hydrogen (secondary N) is 1. The van der Waals surface area contributed by atoms with E-state index in [0.29, 0.717) is 6.04 Å². The van der Waals surface area contributed by atoms with Crippen LogP contribution in [0.3, 0.4) is 0 Å². The number of hydrogen-bond donors (Lipinski definition) is 1. The minimum atomic E-state index is 0.544. The van der Waals surface area contributed by atoms with E-state index in [4.69, 9.17) is 0 Å². The smallest absolute Gasteiger partial charge is 0.0528 e. The average molecular weight is 254 g/mol. The van der Waals surface area contributed by atoms with Gasteiger partial charge in [-0.25, -0.2) is 0 Å². The summed E-state index contributed by atoms with van der Waals surface area (Å²) in [5.41, 5.74) is 2.39. The van der Waals surface area contributed by atoms with E-state index >= 15 is 0 Å². The molecule has 1 fully saturated rings. The number of nitrogens with zero attached hydrogens (tertiary/aromatic N) is 3. The molecule has 0 bridgehead atoms. The second-order valence-electron chi connectivity index (χ2n) is 4.85. The van der Waals surface area contributed by atoms with Crippen LogP contribution in [-0.2, 0) is 0 Å². The largest absolute Gasteiger partial charge is 0.381 e. The van der Waals surface area contributed by atoms with Crippen LogP contribution in [0.1, 0.15) is 12.8 Å². The van der Waals surface area contributed by atoms with E-state index in [9.17, 15) is 0 Å². The van der Waals surface area contributed by atoms with Crippen LogP contribution in [-0.4, -0.2) is 29.1 Å². The fraction of sp³-hybridized carbons (Fsp3) is 0.333. The highest BCUT2D eigenvalue weighted by molar-refractivity contribution is 5.46. The highest BCUT2D eigenvalue weighted by Gasteiger charge is 2.19. The third kappa shape index (κ3) is 3.02. The molecule has 2 aromatic rings. The number of hydrogen-bond acceptors (Lipinski definition) is 4. The van der Waals surface area contributed by atoms with E-state index in [1.54, 1.807) is 6.20 Å². The van der Waals surface area contributed by atoms with Gasteiger partial charge in [-0.1, -0.05) is 0 Å². The highest BCUT2D eigenvalue weighted by Crippen LogP contribution is 2.20. The molecule has 3 rings (SSSR count). The van der Waals surface area contributed by atoms with Gasteiger partial charge in [-0.05, 0) is 37.1 Å². The molecule has 0 aliphatic carbocycles. The third-order valence-corrected chi connectivity index (χ3v) is 3.56. The molecule has 0 saturated carbocycles. The van der Waals surface area contributed by atoms with Crippen molar-refractivity contribution in [3.63, 3.8) is 0 Å². The minimum absolute atomic E-state index is 0.544. The molecule has 0 spiro atoms. The second-order valence-corrected chi connectivity index (χ2v) is 4.85. The SMILES string of the molecule is c1cncc(NC2CCN(c3ccncc3)CC2)c1. The number of anilines is 2. The Balaban J connectivity index is 1.55. The van der Waals surface area contributed by atoms with Gasteiger partial charge in [0.2, 0.25) is 0 Å². The molecular weight excluding hydrogens is 236 g/mol. The number of pyridine rings is 2. The van der Waals surface area contributed by atoms with Gasteiger partial charge >= 0.3 is 0 Å². The maximum Gasteiger partial charge on any atom is 0.0528 e. The van der Waals surface area contributed by atoms with Crippen LogP contribution in [0.4, 0.5) is 11.4 Å². The Labute approximate surface area is 113 Å². The van der Waals surface area contributed by atoms with Crippen molar-refractivity contribution in [2.24, 2.45) is 0 Å². The van der Waals surface area contributed by atoms with Crippen molar-refractivity contribution >= 4 is 11.4 Å². The Bertz CT molecular complexity index is 492. The van der Waals surface area contributed by atoms with Gasteiger partial charge in [0.25, 0.3) is 0 Å². The van der Waals surface area contributed by atoms with Crippen molar-refractivity contribution in [3.8, 4) is 0 Å². The fourth-order valence-electron chi connectivity index (χ4n) is 2.52. The maximum absolute atomic E-state index is 4.13. The Morgan fingerprint density at radius 3 is 2.47 bits per heavy atom. The highest BCUT2D eigenvalue weighted by atomic mass is 15.1. The van der Waals surface area contributed by atoms with Crippen LogP contribution >= 0.6 is 0 Å². The van der Waals surface area contributed by atoms with Crippen molar-refractivity contribution < 1.29 is 0 Å². The average Bonchev–Trinajstić information content (AvgIpc) is 2.50. The molecule has 1 saturated heterocycles. The van der Waals surface area contributed by atoms with Gasteiger partial charge in [-0.3, -0.25) is 9.97 Å². The first-order valence-electron chi connectivity index (χ1n) is 6.73. The summed E-state index contributed by atoms with van der Waals surface area (Å²) < 4.78 is 0. The Morgan fingerprint density at radius 2 is 1.79 bits per heavy atom. The summed E-state index contributed by atoms with van der Waals surface area (Å²) in [5.74, 6) is 0. The van der Waals surface area contributed by atoms with Gasteiger partial charge in [0.05, 0.1) is 5.69 Å². The van der Waals surface area contributed by atoms with E-state index in [1.807, 2.05) is 24.7 Å². The Kier molecular flexibility index (Phi) is 3.58. The normalized spacial score (nSPS) is 16.3. The zero-order valence-corrected chi connectivity index (χ0v) is 10.9. The zero-order valence-electron chi connectivity index (χ0n) is 10.9. The first-order chi connectivity index (χ1) is 9.42. The van der Waals surface area contributed by atoms with E-state index in [2.05, 4.69) is 38.4 Å². The predicted octanol–water partition coefficient (Wildman–Crippen LogP) is 2.56. The van der Waals surface area contributed by atoms with Crippen molar-refractivity contribution in [3.05, 3.63) is 49.1 Å². The molecule has 4 nitrogen and oxygen atoms in total. The molecule has 98 valence electrons. The summed E-state index contributed by atoms with van der Waals surface area (Å²) in [4.78, 5) is 10.6. The second kappa shape index (κ2) is 5.69. The summed E-state index contributed by atoms with van der Waals surface area (Å²) in [6.07, 6.45) is 9.70. The summed E-state index contributed by atoms with van der Waals surface area (Å²) in [6, 6.07) is 8.74. The van der Waals surface area contributed by atoms with E-state index in [1.165, 1.54) is 5.69 Å². The molecular formula is C15H18N4. The molecule has 4 heteroatoms. The van der Waals surface area contributed by atoms with Crippen molar-refractivity contribution in [1.82, 2.24) is 9.97 Å².